The van der Waals surface area contributed by atoms with Gasteiger partial charge in [0.2, 0.25) is 5.91 Å². The third kappa shape index (κ3) is 2.08. The van der Waals surface area contributed by atoms with Crippen LogP contribution in [0.25, 0.3) is 0 Å². The predicted molar refractivity (Wildman–Crippen MR) is 73.4 cm³/mol. The Kier molecular flexibility index (Phi) is 3.16. The molecule has 0 spiro atoms. The maximum Gasteiger partial charge on any atom is 0.223 e. The van der Waals surface area contributed by atoms with Gasteiger partial charge >= 0.3 is 0 Å². The van der Waals surface area contributed by atoms with Crippen molar-refractivity contribution < 1.29 is 4.79 Å². The Bertz CT molecular complexity index is 445. The van der Waals surface area contributed by atoms with Gasteiger partial charge in [0.15, 0.2) is 0 Å². The monoisotopic (exact) mass is 264 g/mol. The molecule has 98 valence electrons. The number of hydrogen-bond donors (Lipinski definition) is 1. The molecule has 0 radical (unpaired) electrons. The zero-order valence-electron chi connectivity index (χ0n) is 10.7. The van der Waals surface area contributed by atoms with Crippen molar-refractivity contribution in [3.8, 4) is 0 Å². The van der Waals surface area contributed by atoms with Crippen molar-refractivity contribution in [1.82, 2.24) is 4.90 Å². The lowest BCUT2D eigenvalue weighted by atomic mass is 9.66. The first-order chi connectivity index (χ1) is 8.72. The van der Waals surface area contributed by atoms with E-state index in [4.69, 9.17) is 5.73 Å². The molecule has 2 aliphatic rings. The van der Waals surface area contributed by atoms with Gasteiger partial charge < -0.3 is 10.6 Å². The zero-order chi connectivity index (χ0) is 12.6. The maximum absolute atomic E-state index is 12.4. The van der Waals surface area contributed by atoms with Crippen LogP contribution in [-0.4, -0.2) is 23.9 Å². The van der Waals surface area contributed by atoms with E-state index in [1.54, 1.807) is 0 Å². The molecule has 0 bridgehead atoms. The van der Waals surface area contributed by atoms with E-state index in [1.807, 2.05) is 16.2 Å². The van der Waals surface area contributed by atoms with Crippen molar-refractivity contribution in [2.24, 2.45) is 11.1 Å². The first kappa shape index (κ1) is 12.2. The molecule has 3 rings (SSSR count). The van der Waals surface area contributed by atoms with Crippen molar-refractivity contribution in [2.45, 2.75) is 38.6 Å². The number of fused-ring (bicyclic) bond motifs is 1. The van der Waals surface area contributed by atoms with E-state index in [0.717, 1.165) is 32.4 Å². The van der Waals surface area contributed by atoms with E-state index in [-0.39, 0.29) is 5.41 Å². The fourth-order valence-electron chi connectivity index (χ4n) is 3.02. The molecule has 1 aliphatic heterocycles. The molecule has 1 aliphatic carbocycles. The second-order valence-corrected chi connectivity index (χ2v) is 6.67. The average molecular weight is 264 g/mol. The molecule has 1 saturated carbocycles. The van der Waals surface area contributed by atoms with E-state index < -0.39 is 0 Å². The lowest BCUT2D eigenvalue weighted by Gasteiger charge is -2.42. The number of rotatable bonds is 3. The van der Waals surface area contributed by atoms with Gasteiger partial charge in [0, 0.05) is 24.4 Å². The molecule has 1 amide bonds. The Morgan fingerprint density at radius 1 is 1.50 bits per heavy atom. The normalized spacial score (nSPS) is 21.3. The van der Waals surface area contributed by atoms with Crippen LogP contribution in [0.3, 0.4) is 0 Å². The highest BCUT2D eigenvalue weighted by molar-refractivity contribution is 7.10. The van der Waals surface area contributed by atoms with Gasteiger partial charge in [-0.05, 0) is 48.2 Å². The molecule has 3 nitrogen and oxygen atoms in total. The summed E-state index contributed by atoms with van der Waals surface area (Å²) in [6.45, 7) is 2.35. The predicted octanol–water partition coefficient (Wildman–Crippen LogP) is 2.15. The third-order valence-electron chi connectivity index (χ3n) is 4.53. The summed E-state index contributed by atoms with van der Waals surface area (Å²) < 4.78 is 0. The summed E-state index contributed by atoms with van der Waals surface area (Å²) in [6, 6.07) is 2.15. The minimum Gasteiger partial charge on any atom is -0.338 e. The minimum absolute atomic E-state index is 0.131. The molecular formula is C14H20N2OS. The number of thiophene rings is 1. The van der Waals surface area contributed by atoms with E-state index >= 15 is 0 Å². The molecule has 0 unspecified atom stereocenters. The number of amides is 1. The standard InChI is InChI=1S/C14H20N2OS/c15-10-14(4-1-5-14)8-13(17)16-6-2-12-11(9-16)3-7-18-12/h3,7H,1-2,4-6,8-10,15H2. The van der Waals surface area contributed by atoms with Crippen LogP contribution in [-0.2, 0) is 17.8 Å². The zero-order valence-corrected chi connectivity index (χ0v) is 11.5. The summed E-state index contributed by atoms with van der Waals surface area (Å²) >= 11 is 1.81. The van der Waals surface area contributed by atoms with Gasteiger partial charge in [-0.25, -0.2) is 0 Å². The molecule has 0 saturated heterocycles. The molecule has 2 heterocycles. The first-order valence-corrected chi connectivity index (χ1v) is 7.63. The molecule has 1 aromatic heterocycles. The molecule has 4 heteroatoms. The molecular weight excluding hydrogens is 244 g/mol. The van der Waals surface area contributed by atoms with Crippen LogP contribution >= 0.6 is 11.3 Å². The van der Waals surface area contributed by atoms with Crippen LogP contribution in [0.15, 0.2) is 11.4 Å². The van der Waals surface area contributed by atoms with Crippen LogP contribution in [0, 0.1) is 5.41 Å². The molecule has 1 fully saturated rings. The quantitative estimate of drug-likeness (QED) is 0.909. The van der Waals surface area contributed by atoms with Gasteiger partial charge in [-0.15, -0.1) is 11.3 Å². The maximum atomic E-state index is 12.4. The van der Waals surface area contributed by atoms with Gasteiger partial charge in [0.05, 0.1) is 0 Å². The van der Waals surface area contributed by atoms with E-state index in [0.29, 0.717) is 18.9 Å². The molecule has 0 aromatic carbocycles. The molecule has 18 heavy (non-hydrogen) atoms. The summed E-state index contributed by atoms with van der Waals surface area (Å²) in [6.07, 6.45) is 5.18. The summed E-state index contributed by atoms with van der Waals surface area (Å²) in [4.78, 5) is 15.8. The van der Waals surface area contributed by atoms with Crippen molar-refractivity contribution in [3.63, 3.8) is 0 Å². The number of carbonyl (C=O) groups excluding carboxylic acids is 1. The van der Waals surface area contributed by atoms with Crippen LogP contribution in [0.2, 0.25) is 0 Å². The summed E-state index contributed by atoms with van der Waals surface area (Å²) in [5.41, 5.74) is 7.31. The molecule has 0 atom stereocenters. The Labute approximate surface area is 112 Å². The van der Waals surface area contributed by atoms with Gasteiger partial charge in [0.1, 0.15) is 0 Å². The van der Waals surface area contributed by atoms with Crippen molar-refractivity contribution in [2.75, 3.05) is 13.1 Å². The lowest BCUT2D eigenvalue weighted by Crippen LogP contribution is -2.44. The smallest absolute Gasteiger partial charge is 0.223 e. The molecule has 2 N–H and O–H groups in total. The van der Waals surface area contributed by atoms with Gasteiger partial charge in [-0.2, -0.15) is 0 Å². The number of nitrogens with zero attached hydrogens (tertiary/aromatic N) is 1. The SMILES string of the molecule is NCC1(CC(=O)N2CCc3sccc3C2)CCC1. The first-order valence-electron chi connectivity index (χ1n) is 6.76. The second-order valence-electron chi connectivity index (χ2n) is 5.67. The van der Waals surface area contributed by atoms with E-state index in [9.17, 15) is 4.79 Å². The highest BCUT2D eigenvalue weighted by Gasteiger charge is 2.39. The van der Waals surface area contributed by atoms with Crippen molar-refractivity contribution in [1.29, 1.82) is 0 Å². The second kappa shape index (κ2) is 4.67. The fourth-order valence-corrected chi connectivity index (χ4v) is 3.91. The Morgan fingerprint density at radius 2 is 2.33 bits per heavy atom. The van der Waals surface area contributed by atoms with Gasteiger partial charge in [-0.3, -0.25) is 4.79 Å². The van der Waals surface area contributed by atoms with E-state index in [2.05, 4.69) is 11.4 Å². The van der Waals surface area contributed by atoms with Crippen molar-refractivity contribution >= 4 is 17.2 Å². The van der Waals surface area contributed by atoms with Gasteiger partial charge in [-0.1, -0.05) is 6.42 Å². The van der Waals surface area contributed by atoms with Crippen LogP contribution in [0.1, 0.15) is 36.1 Å². The lowest BCUT2D eigenvalue weighted by molar-refractivity contribution is -0.136. The molecule has 1 aromatic rings. The number of hydrogen-bond acceptors (Lipinski definition) is 3. The largest absolute Gasteiger partial charge is 0.338 e. The van der Waals surface area contributed by atoms with Crippen LogP contribution < -0.4 is 5.73 Å². The van der Waals surface area contributed by atoms with Crippen LogP contribution in [0.4, 0.5) is 0 Å². The Balaban J connectivity index is 1.64. The van der Waals surface area contributed by atoms with Gasteiger partial charge in [0.25, 0.3) is 0 Å². The van der Waals surface area contributed by atoms with E-state index in [1.165, 1.54) is 16.9 Å². The third-order valence-corrected chi connectivity index (χ3v) is 5.56. The topological polar surface area (TPSA) is 46.3 Å². The summed E-state index contributed by atoms with van der Waals surface area (Å²) in [5.74, 6) is 0.303. The Hall–Kier alpha value is -0.870. The number of nitrogens with two attached hydrogens (primary N) is 1. The Morgan fingerprint density at radius 3 is 3.00 bits per heavy atom. The summed E-state index contributed by atoms with van der Waals surface area (Å²) in [5, 5.41) is 2.13. The number of carbonyl (C=O) groups is 1. The fraction of sp³-hybridized carbons (Fsp3) is 0.643. The highest BCUT2D eigenvalue weighted by atomic mass is 32.1. The average Bonchev–Trinajstić information content (AvgIpc) is 2.80. The summed E-state index contributed by atoms with van der Waals surface area (Å²) in [7, 11) is 0. The minimum atomic E-state index is 0.131. The highest BCUT2D eigenvalue weighted by Crippen LogP contribution is 2.43. The van der Waals surface area contributed by atoms with Crippen LogP contribution in [0.5, 0.6) is 0 Å². The van der Waals surface area contributed by atoms with Crippen molar-refractivity contribution in [3.05, 3.63) is 21.9 Å².